The third-order valence-corrected chi connectivity index (χ3v) is 3.24. The van der Waals surface area contributed by atoms with Crippen molar-refractivity contribution < 1.29 is 9.53 Å². The maximum Gasteiger partial charge on any atom is 0.253 e. The van der Waals surface area contributed by atoms with Crippen LogP contribution in [0.5, 0.6) is 0 Å². The number of carbonyl (C=O) groups is 1. The molecule has 1 unspecified atom stereocenters. The van der Waals surface area contributed by atoms with Gasteiger partial charge in [0.15, 0.2) is 0 Å². The lowest BCUT2D eigenvalue weighted by Crippen LogP contribution is -2.36. The van der Waals surface area contributed by atoms with E-state index in [-0.39, 0.29) is 11.5 Å². The molecule has 0 aliphatic rings. The van der Waals surface area contributed by atoms with Crippen molar-refractivity contribution >= 4 is 17.3 Å². The number of ether oxygens (including phenoxy) is 1. The second kappa shape index (κ2) is 6.06. The minimum absolute atomic E-state index is 0.157. The Morgan fingerprint density at radius 1 is 1.47 bits per heavy atom. The number of benzene rings is 1. The summed E-state index contributed by atoms with van der Waals surface area (Å²) in [7, 11) is 0. The van der Waals surface area contributed by atoms with Crippen molar-refractivity contribution in [3.63, 3.8) is 0 Å². The van der Waals surface area contributed by atoms with Gasteiger partial charge in [0.1, 0.15) is 6.10 Å². The van der Waals surface area contributed by atoms with Crippen molar-refractivity contribution in [2.24, 2.45) is 0 Å². The van der Waals surface area contributed by atoms with Crippen LogP contribution in [0.4, 0.5) is 11.4 Å². The predicted octanol–water partition coefficient (Wildman–Crippen LogP) is 3.11. The second-order valence-corrected chi connectivity index (χ2v) is 5.44. The molecule has 1 atom stereocenters. The van der Waals surface area contributed by atoms with Crippen LogP contribution in [0.25, 0.3) is 0 Å². The molecule has 106 valence electrons. The van der Waals surface area contributed by atoms with Crippen LogP contribution in [0.1, 0.15) is 39.7 Å². The molecule has 1 amide bonds. The minimum atomic E-state index is -0.504. The Balaban J connectivity index is 2.71. The summed E-state index contributed by atoms with van der Waals surface area (Å²) in [5.41, 5.74) is 7.75. The van der Waals surface area contributed by atoms with Crippen LogP contribution in [0.3, 0.4) is 0 Å². The number of nitrogen functional groups attached to an aromatic ring is 1. The number of amides is 1. The zero-order chi connectivity index (χ0) is 14.6. The maximum absolute atomic E-state index is 12.1. The van der Waals surface area contributed by atoms with Crippen molar-refractivity contribution in [3.05, 3.63) is 23.8 Å². The predicted molar refractivity (Wildman–Crippen MR) is 79.1 cm³/mol. The van der Waals surface area contributed by atoms with Gasteiger partial charge in [-0.3, -0.25) is 4.79 Å². The van der Waals surface area contributed by atoms with Crippen LogP contribution >= 0.6 is 0 Å². The Labute approximate surface area is 115 Å². The SMILES string of the molecule is CCC(C)(C)OC(C)C(=O)Nc1cc(N)ccc1C. The number of nitrogens with one attached hydrogen (secondary N) is 1. The van der Waals surface area contributed by atoms with Crippen LogP contribution in [0, 0.1) is 6.92 Å². The third-order valence-electron chi connectivity index (χ3n) is 3.24. The quantitative estimate of drug-likeness (QED) is 0.803. The van der Waals surface area contributed by atoms with E-state index in [4.69, 9.17) is 10.5 Å². The first kappa shape index (κ1) is 15.5. The van der Waals surface area contributed by atoms with Gasteiger partial charge < -0.3 is 15.8 Å². The van der Waals surface area contributed by atoms with Crippen LogP contribution in [0.15, 0.2) is 18.2 Å². The summed E-state index contributed by atoms with van der Waals surface area (Å²) in [6.45, 7) is 9.67. The van der Waals surface area contributed by atoms with Gasteiger partial charge in [-0.2, -0.15) is 0 Å². The molecule has 0 heterocycles. The molecule has 1 aromatic carbocycles. The van der Waals surface area contributed by atoms with E-state index in [2.05, 4.69) is 5.32 Å². The Morgan fingerprint density at radius 2 is 2.11 bits per heavy atom. The molecule has 1 aromatic rings. The number of anilines is 2. The summed E-state index contributed by atoms with van der Waals surface area (Å²) in [5.74, 6) is -0.157. The fourth-order valence-electron chi connectivity index (χ4n) is 1.62. The van der Waals surface area contributed by atoms with E-state index in [1.807, 2.05) is 39.8 Å². The molecule has 0 aromatic heterocycles. The number of nitrogens with two attached hydrogens (primary N) is 1. The number of carbonyl (C=O) groups excluding carboxylic acids is 1. The molecule has 0 bridgehead atoms. The minimum Gasteiger partial charge on any atom is -0.399 e. The second-order valence-electron chi connectivity index (χ2n) is 5.44. The maximum atomic E-state index is 12.1. The van der Waals surface area contributed by atoms with E-state index in [0.717, 1.165) is 17.7 Å². The third kappa shape index (κ3) is 4.56. The molecule has 0 spiro atoms. The Kier molecular flexibility index (Phi) is 4.95. The summed E-state index contributed by atoms with van der Waals surface area (Å²) < 4.78 is 5.75. The first-order valence-electron chi connectivity index (χ1n) is 6.60. The molecule has 1 rings (SSSR count). The van der Waals surface area contributed by atoms with Crippen molar-refractivity contribution in [1.82, 2.24) is 0 Å². The Morgan fingerprint density at radius 3 is 2.68 bits per heavy atom. The summed E-state index contributed by atoms with van der Waals surface area (Å²) in [6, 6.07) is 5.45. The van der Waals surface area contributed by atoms with E-state index < -0.39 is 6.10 Å². The van der Waals surface area contributed by atoms with Gasteiger partial charge in [0.2, 0.25) is 0 Å². The Hall–Kier alpha value is -1.55. The lowest BCUT2D eigenvalue weighted by molar-refractivity contribution is -0.137. The van der Waals surface area contributed by atoms with E-state index in [9.17, 15) is 4.79 Å². The molecule has 4 heteroatoms. The van der Waals surface area contributed by atoms with Crippen molar-refractivity contribution in [3.8, 4) is 0 Å². The van der Waals surface area contributed by atoms with Crippen molar-refractivity contribution in [2.75, 3.05) is 11.1 Å². The van der Waals surface area contributed by atoms with Gasteiger partial charge in [0.25, 0.3) is 5.91 Å². The first-order valence-corrected chi connectivity index (χ1v) is 6.60. The van der Waals surface area contributed by atoms with Gasteiger partial charge in [0.05, 0.1) is 5.60 Å². The lowest BCUT2D eigenvalue weighted by Gasteiger charge is -2.27. The highest BCUT2D eigenvalue weighted by atomic mass is 16.5. The molecular formula is C15H24N2O2. The molecule has 3 N–H and O–H groups in total. The van der Waals surface area contributed by atoms with Crippen LogP contribution < -0.4 is 11.1 Å². The number of hydrogen-bond donors (Lipinski definition) is 2. The molecule has 0 saturated heterocycles. The fraction of sp³-hybridized carbons (Fsp3) is 0.533. The van der Waals surface area contributed by atoms with Gasteiger partial charge in [-0.15, -0.1) is 0 Å². The lowest BCUT2D eigenvalue weighted by atomic mass is 10.1. The molecule has 4 nitrogen and oxygen atoms in total. The highest BCUT2D eigenvalue weighted by Gasteiger charge is 2.23. The zero-order valence-electron chi connectivity index (χ0n) is 12.4. The highest BCUT2D eigenvalue weighted by Crippen LogP contribution is 2.20. The van der Waals surface area contributed by atoms with E-state index in [1.165, 1.54) is 0 Å². The number of aryl methyl sites for hydroxylation is 1. The van der Waals surface area contributed by atoms with Crippen LogP contribution in [-0.2, 0) is 9.53 Å². The van der Waals surface area contributed by atoms with Gasteiger partial charge in [-0.05, 0) is 51.8 Å². The first-order chi connectivity index (χ1) is 8.75. The normalized spacial score (nSPS) is 13.1. The Bertz CT molecular complexity index is 455. The summed E-state index contributed by atoms with van der Waals surface area (Å²) in [5, 5.41) is 2.85. The number of hydrogen-bond acceptors (Lipinski definition) is 3. The monoisotopic (exact) mass is 264 g/mol. The molecule has 19 heavy (non-hydrogen) atoms. The van der Waals surface area contributed by atoms with Crippen LogP contribution in [-0.4, -0.2) is 17.6 Å². The van der Waals surface area contributed by atoms with Gasteiger partial charge in [-0.1, -0.05) is 13.0 Å². The topological polar surface area (TPSA) is 64.3 Å². The molecule has 0 radical (unpaired) electrons. The van der Waals surface area contributed by atoms with E-state index in [0.29, 0.717) is 5.69 Å². The molecule has 0 aliphatic carbocycles. The molecule has 0 fully saturated rings. The average molecular weight is 264 g/mol. The standard InChI is InChI=1S/C15H24N2O2/c1-6-15(4,5)19-11(3)14(18)17-13-9-12(16)8-7-10(13)2/h7-9,11H,6,16H2,1-5H3,(H,17,18). The fourth-order valence-corrected chi connectivity index (χ4v) is 1.62. The van der Waals surface area contributed by atoms with Gasteiger partial charge in [0, 0.05) is 11.4 Å². The highest BCUT2D eigenvalue weighted by molar-refractivity contribution is 5.95. The van der Waals surface area contributed by atoms with Crippen LogP contribution in [0.2, 0.25) is 0 Å². The van der Waals surface area contributed by atoms with E-state index in [1.54, 1.807) is 13.0 Å². The van der Waals surface area contributed by atoms with Gasteiger partial charge in [-0.25, -0.2) is 0 Å². The summed E-state index contributed by atoms with van der Waals surface area (Å²) in [4.78, 5) is 12.1. The van der Waals surface area contributed by atoms with Crippen molar-refractivity contribution in [2.45, 2.75) is 52.7 Å². The molecule has 0 aliphatic heterocycles. The van der Waals surface area contributed by atoms with Gasteiger partial charge >= 0.3 is 0 Å². The zero-order valence-corrected chi connectivity index (χ0v) is 12.4. The molecule has 0 saturated carbocycles. The number of rotatable bonds is 5. The average Bonchev–Trinajstić information content (AvgIpc) is 2.33. The van der Waals surface area contributed by atoms with E-state index >= 15 is 0 Å². The largest absolute Gasteiger partial charge is 0.399 e. The smallest absolute Gasteiger partial charge is 0.253 e. The van der Waals surface area contributed by atoms with Crippen molar-refractivity contribution in [1.29, 1.82) is 0 Å². The molecular weight excluding hydrogens is 240 g/mol. The summed E-state index contributed by atoms with van der Waals surface area (Å²) in [6.07, 6.45) is 0.345. The summed E-state index contributed by atoms with van der Waals surface area (Å²) >= 11 is 0.